The molecule has 55 heavy (non-hydrogen) atoms. The van der Waals surface area contributed by atoms with Crippen LogP contribution in [0.15, 0.2) is 164 Å². The molecule has 3 nitrogen and oxygen atoms in total. The van der Waals surface area contributed by atoms with Crippen LogP contribution in [0.3, 0.4) is 0 Å². The Morgan fingerprint density at radius 2 is 0.727 bits per heavy atom. The minimum absolute atomic E-state index is 0.991. The summed E-state index contributed by atoms with van der Waals surface area (Å²) in [5, 5.41) is 14.1. The van der Waals surface area contributed by atoms with E-state index in [4.69, 9.17) is 0 Å². The van der Waals surface area contributed by atoms with E-state index in [9.17, 15) is 0 Å². The van der Waals surface area contributed by atoms with Gasteiger partial charge in [-0.15, -0.1) is 0 Å². The molecule has 4 heteroatoms. The van der Waals surface area contributed by atoms with E-state index in [-0.39, 0.29) is 0 Å². The molecular weight excluding hydrogens is 687 g/mol. The van der Waals surface area contributed by atoms with Gasteiger partial charge in [-0.05, 0) is 139 Å². The monoisotopic (exact) mass is 721 g/mol. The van der Waals surface area contributed by atoms with Crippen LogP contribution in [0.5, 0.6) is 0 Å². The lowest BCUT2D eigenvalue weighted by atomic mass is 9.89. The predicted molar refractivity (Wildman–Crippen MR) is 237 cm³/mol. The first kappa shape index (κ1) is 29.9. The zero-order valence-corrected chi connectivity index (χ0v) is 31.1. The molecule has 260 valence electrons. The van der Waals surface area contributed by atoms with Gasteiger partial charge in [0.15, 0.2) is 0 Å². The molecule has 0 unspecified atom stereocenters. The molecule has 0 saturated heterocycles. The number of benzene rings is 8. The van der Waals surface area contributed by atoms with Gasteiger partial charge in [-0.1, -0.05) is 103 Å². The summed E-state index contributed by atoms with van der Waals surface area (Å²) in [6.45, 7) is 0. The third kappa shape index (κ3) is 4.02. The van der Waals surface area contributed by atoms with Crippen molar-refractivity contribution in [2.24, 2.45) is 0 Å². The van der Waals surface area contributed by atoms with Crippen LogP contribution in [0.2, 0.25) is 0 Å². The van der Waals surface area contributed by atoms with E-state index >= 15 is 0 Å². The van der Waals surface area contributed by atoms with Crippen LogP contribution in [0.25, 0.3) is 98.8 Å². The van der Waals surface area contributed by atoms with Gasteiger partial charge in [0, 0.05) is 33.0 Å². The van der Waals surface area contributed by atoms with Crippen molar-refractivity contribution >= 4 is 98.0 Å². The van der Waals surface area contributed by atoms with Crippen molar-refractivity contribution in [3.05, 3.63) is 181 Å². The number of aryl methyl sites for hydroxylation is 1. The Morgan fingerprint density at radius 1 is 0.364 bits per heavy atom. The number of nitrogens with zero attached hydrogens (tertiary/aromatic N) is 3. The standard InChI is InChI=1S/C51H35N3S/c1-55(52-46(29-43-22-34-12-4-7-15-37(34)26-47(43)52)41-19-18-40-20-32-10-2-3-11-33(32)21-42(40)25-41)53-48-27-38-16-8-5-13-35(38)23-44(48)30-50(53)51-31-45-24-36-14-6-9-17-39(36)28-49(45)54(51)55/h2-17,20-31H,18-19H2,1H3. The molecule has 0 bridgehead atoms. The smallest absolute Gasteiger partial charge is 0.0794 e. The van der Waals surface area contributed by atoms with Crippen molar-refractivity contribution < 1.29 is 0 Å². The molecule has 0 fully saturated rings. The summed E-state index contributed by atoms with van der Waals surface area (Å²) in [7, 11) is -2.04. The molecule has 2 aliphatic rings. The van der Waals surface area contributed by atoms with Crippen molar-refractivity contribution in [1.29, 1.82) is 0 Å². The number of hydrogen-bond acceptors (Lipinski definition) is 0. The van der Waals surface area contributed by atoms with Gasteiger partial charge < -0.3 is 0 Å². The van der Waals surface area contributed by atoms with Crippen molar-refractivity contribution in [3.8, 4) is 11.4 Å². The molecule has 0 atom stereocenters. The largest absolute Gasteiger partial charge is 0.270 e. The highest BCUT2D eigenvalue weighted by Crippen LogP contribution is 2.64. The van der Waals surface area contributed by atoms with Crippen molar-refractivity contribution in [1.82, 2.24) is 11.9 Å². The Bertz CT molecular complexity index is 3400. The summed E-state index contributed by atoms with van der Waals surface area (Å²) >= 11 is 0. The van der Waals surface area contributed by atoms with Gasteiger partial charge >= 0.3 is 0 Å². The van der Waals surface area contributed by atoms with Gasteiger partial charge in [-0.25, -0.2) is 0 Å². The molecule has 0 N–H and O–H groups in total. The molecule has 3 aromatic heterocycles. The van der Waals surface area contributed by atoms with Crippen molar-refractivity contribution in [2.45, 2.75) is 12.8 Å². The molecule has 0 radical (unpaired) electrons. The Morgan fingerprint density at radius 3 is 1.18 bits per heavy atom. The number of aromatic nitrogens is 3. The van der Waals surface area contributed by atoms with Crippen molar-refractivity contribution in [2.75, 3.05) is 6.26 Å². The number of fused-ring (bicyclic) bond motifs is 13. The molecular formula is C51H35N3S. The van der Waals surface area contributed by atoms with Gasteiger partial charge in [0.05, 0.1) is 33.6 Å². The van der Waals surface area contributed by atoms with E-state index in [2.05, 4.69) is 188 Å². The fourth-order valence-corrected chi connectivity index (χ4v) is 13.6. The second kappa shape index (κ2) is 10.6. The predicted octanol–water partition coefficient (Wildman–Crippen LogP) is 13.8. The van der Waals surface area contributed by atoms with Crippen LogP contribution in [0.1, 0.15) is 23.2 Å². The van der Waals surface area contributed by atoms with E-state index < -0.39 is 10.6 Å². The first-order chi connectivity index (χ1) is 27.1. The van der Waals surface area contributed by atoms with Gasteiger partial charge in [-0.3, -0.25) is 11.9 Å². The number of allylic oxidation sites excluding steroid dienone is 1. The van der Waals surface area contributed by atoms with Gasteiger partial charge in [0.1, 0.15) is 0 Å². The maximum Gasteiger partial charge on any atom is 0.0794 e. The maximum atomic E-state index is 2.77. The highest BCUT2D eigenvalue weighted by atomic mass is 32.3. The van der Waals surface area contributed by atoms with Crippen LogP contribution in [0.4, 0.5) is 0 Å². The molecule has 11 aromatic rings. The molecule has 0 amide bonds. The van der Waals surface area contributed by atoms with Gasteiger partial charge in [0.25, 0.3) is 0 Å². The highest BCUT2D eigenvalue weighted by molar-refractivity contribution is 8.30. The molecule has 13 rings (SSSR count). The summed E-state index contributed by atoms with van der Waals surface area (Å²) in [5.74, 6) is 0. The first-order valence-electron chi connectivity index (χ1n) is 19.2. The molecule has 0 saturated carbocycles. The zero-order valence-electron chi connectivity index (χ0n) is 30.3. The quantitative estimate of drug-likeness (QED) is 0.169. The molecule has 0 spiro atoms. The summed E-state index contributed by atoms with van der Waals surface area (Å²) in [6.07, 6.45) is 7.05. The number of hydrogen-bond donors (Lipinski definition) is 0. The second-order valence-corrected chi connectivity index (χ2v) is 18.3. The average molecular weight is 722 g/mol. The summed E-state index contributed by atoms with van der Waals surface area (Å²) in [5.41, 5.74) is 11.9. The lowest BCUT2D eigenvalue weighted by Crippen LogP contribution is -2.22. The Kier molecular flexibility index (Phi) is 5.76. The summed E-state index contributed by atoms with van der Waals surface area (Å²) < 4.78 is 8.22. The van der Waals surface area contributed by atoms with E-state index in [1.165, 1.54) is 110 Å². The van der Waals surface area contributed by atoms with Gasteiger partial charge in [0.2, 0.25) is 0 Å². The Hall–Kier alpha value is -6.49. The fraction of sp³-hybridized carbons (Fsp3) is 0.0588. The molecule has 1 aliphatic heterocycles. The van der Waals surface area contributed by atoms with E-state index in [0.29, 0.717) is 0 Å². The summed E-state index contributed by atoms with van der Waals surface area (Å²) in [6, 6.07) is 62.0. The lowest BCUT2D eigenvalue weighted by Gasteiger charge is -2.41. The van der Waals surface area contributed by atoms with E-state index in [1.807, 2.05) is 0 Å². The number of rotatable bonds is 2. The van der Waals surface area contributed by atoms with Crippen molar-refractivity contribution in [3.63, 3.8) is 0 Å². The fourth-order valence-electron chi connectivity index (χ4n) is 9.95. The Balaban J connectivity index is 1.18. The highest BCUT2D eigenvalue weighted by Gasteiger charge is 2.41. The Labute approximate surface area is 319 Å². The van der Waals surface area contributed by atoms with Crippen LogP contribution in [-0.2, 0) is 6.42 Å². The van der Waals surface area contributed by atoms with Crippen LogP contribution < -0.4 is 0 Å². The third-order valence-electron chi connectivity index (χ3n) is 12.5. The third-order valence-corrected chi connectivity index (χ3v) is 15.8. The summed E-state index contributed by atoms with van der Waals surface area (Å²) in [4.78, 5) is 0. The first-order valence-corrected chi connectivity index (χ1v) is 21.2. The second-order valence-electron chi connectivity index (χ2n) is 15.6. The van der Waals surface area contributed by atoms with Crippen LogP contribution in [-0.4, -0.2) is 18.2 Å². The van der Waals surface area contributed by atoms with E-state index in [0.717, 1.165) is 12.8 Å². The molecule has 4 heterocycles. The lowest BCUT2D eigenvalue weighted by molar-refractivity contribution is 0.990. The van der Waals surface area contributed by atoms with E-state index in [1.54, 1.807) is 0 Å². The van der Waals surface area contributed by atoms with Crippen LogP contribution >= 0.6 is 10.6 Å². The zero-order chi connectivity index (χ0) is 36.0. The van der Waals surface area contributed by atoms with Gasteiger partial charge in [-0.2, -0.15) is 0 Å². The minimum atomic E-state index is -2.04. The minimum Gasteiger partial charge on any atom is -0.270 e. The topological polar surface area (TPSA) is 14.8 Å². The average Bonchev–Trinajstić information content (AvgIpc) is 3.95. The molecule has 8 aromatic carbocycles. The molecule has 1 aliphatic carbocycles. The van der Waals surface area contributed by atoms with Crippen LogP contribution in [0, 0.1) is 0 Å². The SMILES string of the molecule is CS1(n2c(C3=Cc4cc5ccccc5cc4CC3)cc3cc4ccccc4cc32)n2c(cc3cc4ccccc4cc32)-c2cc3cc4ccccc4cc3n21. The normalized spacial score (nSPS) is 15.3. The maximum absolute atomic E-state index is 2.77.